The fourth-order valence-electron chi connectivity index (χ4n) is 1.35. The van der Waals surface area contributed by atoms with Gasteiger partial charge in [0.1, 0.15) is 0 Å². The predicted octanol–water partition coefficient (Wildman–Crippen LogP) is 0.903. The topological polar surface area (TPSA) is 39.7 Å². The third-order valence-corrected chi connectivity index (χ3v) is 2.27. The first-order valence-electron chi connectivity index (χ1n) is 6.02. The minimum atomic E-state index is 0.858. The molecule has 4 heteroatoms. The maximum absolute atomic E-state index is 4.49. The lowest BCUT2D eigenvalue weighted by atomic mass is 10.5. The van der Waals surface area contributed by atoms with Crippen molar-refractivity contribution in [2.24, 2.45) is 4.99 Å². The summed E-state index contributed by atoms with van der Waals surface area (Å²) in [5, 5.41) is 6.43. The minimum absolute atomic E-state index is 0.858. The lowest BCUT2D eigenvalue weighted by Crippen LogP contribution is -2.37. The first kappa shape index (κ1) is 14.2. The van der Waals surface area contributed by atoms with Crippen LogP contribution >= 0.6 is 0 Å². The lowest BCUT2D eigenvalue weighted by Gasteiger charge is -2.17. The monoisotopic (exact) mass is 214 g/mol. The average Bonchev–Trinajstić information content (AvgIpc) is 2.25. The van der Waals surface area contributed by atoms with E-state index in [2.05, 4.69) is 48.2 Å². The molecule has 15 heavy (non-hydrogen) atoms. The van der Waals surface area contributed by atoms with Crippen molar-refractivity contribution < 1.29 is 0 Å². The van der Waals surface area contributed by atoms with Crippen LogP contribution in [-0.4, -0.2) is 50.1 Å². The van der Waals surface area contributed by atoms with Gasteiger partial charge in [-0.2, -0.15) is 0 Å². The first-order chi connectivity index (χ1) is 7.28. The Morgan fingerprint density at radius 1 is 1.00 bits per heavy atom. The molecule has 0 aromatic heterocycles. The zero-order valence-electron chi connectivity index (χ0n) is 10.6. The molecule has 0 aromatic rings. The highest BCUT2D eigenvalue weighted by Gasteiger charge is 1.98. The van der Waals surface area contributed by atoms with Crippen LogP contribution in [0, 0.1) is 0 Å². The summed E-state index contributed by atoms with van der Waals surface area (Å²) in [5.74, 6) is 0.923. The summed E-state index contributed by atoms with van der Waals surface area (Å²) in [6.45, 7) is 14.5. The van der Waals surface area contributed by atoms with Gasteiger partial charge in [-0.15, -0.1) is 0 Å². The second-order valence-corrected chi connectivity index (χ2v) is 3.32. The molecule has 0 rings (SSSR count). The van der Waals surface area contributed by atoms with Crippen LogP contribution in [0.2, 0.25) is 0 Å². The third-order valence-electron chi connectivity index (χ3n) is 2.27. The van der Waals surface area contributed by atoms with Crippen molar-refractivity contribution in [3.63, 3.8) is 0 Å². The Morgan fingerprint density at radius 2 is 1.53 bits per heavy atom. The van der Waals surface area contributed by atoms with E-state index in [1.807, 2.05) is 0 Å². The van der Waals surface area contributed by atoms with Gasteiger partial charge in [0.25, 0.3) is 0 Å². The molecule has 0 radical (unpaired) electrons. The van der Waals surface area contributed by atoms with Crippen molar-refractivity contribution in [3.05, 3.63) is 0 Å². The van der Waals surface area contributed by atoms with Crippen LogP contribution in [0.3, 0.4) is 0 Å². The normalized spacial score (nSPS) is 10.2. The maximum atomic E-state index is 4.49. The molecular formula is C11H26N4. The summed E-state index contributed by atoms with van der Waals surface area (Å²) in [6.07, 6.45) is 0. The number of rotatable bonds is 7. The van der Waals surface area contributed by atoms with Crippen molar-refractivity contribution in [2.75, 3.05) is 39.3 Å². The van der Waals surface area contributed by atoms with Crippen molar-refractivity contribution >= 4 is 5.96 Å². The molecule has 0 heterocycles. The quantitative estimate of drug-likeness (QED) is 0.489. The molecule has 0 fully saturated rings. The number of aliphatic imine (C=N–C) groups is 1. The van der Waals surface area contributed by atoms with E-state index >= 15 is 0 Å². The second kappa shape index (κ2) is 9.77. The Hall–Kier alpha value is -0.770. The standard InChI is InChI=1S/C11H26N4/c1-5-12-11(13-6-2)14-9-10-15(7-3)8-4/h5-10H2,1-4H3,(H2,12,13,14). The predicted molar refractivity (Wildman–Crippen MR) is 67.4 cm³/mol. The fraction of sp³-hybridized carbons (Fsp3) is 0.909. The van der Waals surface area contributed by atoms with Gasteiger partial charge in [-0.1, -0.05) is 13.8 Å². The van der Waals surface area contributed by atoms with E-state index < -0.39 is 0 Å². The van der Waals surface area contributed by atoms with Crippen LogP contribution in [-0.2, 0) is 0 Å². The number of guanidine groups is 1. The highest BCUT2D eigenvalue weighted by Crippen LogP contribution is 1.86. The SMILES string of the molecule is CCNC(=NCCN(CC)CC)NCC. The van der Waals surface area contributed by atoms with Crippen molar-refractivity contribution in [1.82, 2.24) is 15.5 Å². The lowest BCUT2D eigenvalue weighted by molar-refractivity contribution is 0.313. The molecule has 0 atom stereocenters. The largest absolute Gasteiger partial charge is 0.357 e. The van der Waals surface area contributed by atoms with Gasteiger partial charge in [0, 0.05) is 19.6 Å². The Bertz CT molecular complexity index is 156. The van der Waals surface area contributed by atoms with Gasteiger partial charge in [-0.3, -0.25) is 4.99 Å². The molecule has 0 aliphatic rings. The molecule has 4 nitrogen and oxygen atoms in total. The molecule has 0 unspecified atom stereocenters. The van der Waals surface area contributed by atoms with Gasteiger partial charge in [-0.05, 0) is 26.9 Å². The van der Waals surface area contributed by atoms with E-state index in [0.717, 1.165) is 45.2 Å². The highest BCUT2D eigenvalue weighted by atomic mass is 15.2. The molecule has 0 spiro atoms. The zero-order valence-corrected chi connectivity index (χ0v) is 10.6. The van der Waals surface area contributed by atoms with Crippen molar-refractivity contribution in [1.29, 1.82) is 0 Å². The molecule has 0 bridgehead atoms. The molecule has 0 aromatic carbocycles. The summed E-state index contributed by atoms with van der Waals surface area (Å²) in [4.78, 5) is 6.87. The van der Waals surface area contributed by atoms with Crippen LogP contribution < -0.4 is 10.6 Å². The van der Waals surface area contributed by atoms with Crippen LogP contribution in [0.4, 0.5) is 0 Å². The molecule has 0 saturated heterocycles. The summed E-state index contributed by atoms with van der Waals surface area (Å²) in [6, 6.07) is 0. The highest BCUT2D eigenvalue weighted by molar-refractivity contribution is 5.79. The summed E-state index contributed by atoms with van der Waals surface area (Å²) in [7, 11) is 0. The Kier molecular flexibility index (Phi) is 9.27. The number of likely N-dealkylation sites (N-methyl/N-ethyl adjacent to an activating group) is 1. The fourth-order valence-corrected chi connectivity index (χ4v) is 1.35. The van der Waals surface area contributed by atoms with Gasteiger partial charge < -0.3 is 15.5 Å². The van der Waals surface area contributed by atoms with E-state index in [1.165, 1.54) is 0 Å². The molecular weight excluding hydrogens is 188 g/mol. The number of nitrogens with zero attached hydrogens (tertiary/aromatic N) is 2. The minimum Gasteiger partial charge on any atom is -0.357 e. The zero-order chi connectivity index (χ0) is 11.5. The van der Waals surface area contributed by atoms with Crippen LogP contribution in [0.1, 0.15) is 27.7 Å². The van der Waals surface area contributed by atoms with Crippen molar-refractivity contribution in [2.45, 2.75) is 27.7 Å². The van der Waals surface area contributed by atoms with Crippen molar-refractivity contribution in [3.8, 4) is 0 Å². The molecule has 0 saturated carbocycles. The van der Waals surface area contributed by atoms with Gasteiger partial charge in [0.2, 0.25) is 0 Å². The Labute approximate surface area is 94.1 Å². The summed E-state index contributed by atoms with van der Waals surface area (Å²) in [5.41, 5.74) is 0. The van der Waals surface area contributed by atoms with E-state index in [-0.39, 0.29) is 0 Å². The average molecular weight is 214 g/mol. The smallest absolute Gasteiger partial charge is 0.191 e. The summed E-state index contributed by atoms with van der Waals surface area (Å²) < 4.78 is 0. The van der Waals surface area contributed by atoms with Gasteiger partial charge in [0.15, 0.2) is 5.96 Å². The second-order valence-electron chi connectivity index (χ2n) is 3.32. The van der Waals surface area contributed by atoms with Gasteiger partial charge >= 0.3 is 0 Å². The molecule has 90 valence electrons. The van der Waals surface area contributed by atoms with Gasteiger partial charge in [-0.25, -0.2) is 0 Å². The van der Waals surface area contributed by atoms with Crippen LogP contribution in [0.5, 0.6) is 0 Å². The Balaban J connectivity index is 3.86. The third kappa shape index (κ3) is 7.19. The molecule has 0 aliphatic heterocycles. The number of hydrogen-bond donors (Lipinski definition) is 2. The van der Waals surface area contributed by atoms with E-state index in [0.29, 0.717) is 0 Å². The molecule has 0 amide bonds. The van der Waals surface area contributed by atoms with E-state index in [1.54, 1.807) is 0 Å². The number of nitrogens with one attached hydrogen (secondary N) is 2. The Morgan fingerprint density at radius 3 is 1.93 bits per heavy atom. The van der Waals surface area contributed by atoms with E-state index in [4.69, 9.17) is 0 Å². The molecule has 0 aliphatic carbocycles. The molecule has 2 N–H and O–H groups in total. The first-order valence-corrected chi connectivity index (χ1v) is 6.02. The van der Waals surface area contributed by atoms with Crippen LogP contribution in [0.25, 0.3) is 0 Å². The maximum Gasteiger partial charge on any atom is 0.191 e. The number of hydrogen-bond acceptors (Lipinski definition) is 2. The summed E-state index contributed by atoms with van der Waals surface area (Å²) >= 11 is 0. The van der Waals surface area contributed by atoms with Crippen LogP contribution in [0.15, 0.2) is 4.99 Å². The van der Waals surface area contributed by atoms with Gasteiger partial charge in [0.05, 0.1) is 6.54 Å². The van der Waals surface area contributed by atoms with E-state index in [9.17, 15) is 0 Å².